The van der Waals surface area contributed by atoms with Crippen LogP contribution in [-0.4, -0.2) is 74.8 Å². The number of carboxylic acid groups (broad SMARTS) is 1. The molecule has 1 atom stereocenters. The summed E-state index contributed by atoms with van der Waals surface area (Å²) in [6, 6.07) is 24.9. The molecule has 2 fully saturated rings. The van der Waals surface area contributed by atoms with Crippen LogP contribution in [0.4, 0.5) is 16.2 Å². The molecule has 0 aliphatic carbocycles. The van der Waals surface area contributed by atoms with Gasteiger partial charge in [-0.25, -0.2) is 14.6 Å². The third-order valence-electron chi connectivity index (χ3n) is 10.6. The van der Waals surface area contributed by atoms with Crippen molar-refractivity contribution in [1.82, 2.24) is 19.4 Å². The zero-order valence-corrected chi connectivity index (χ0v) is 32.5. The fraction of sp³-hybridized carbons (Fsp3) is 0.238. The van der Waals surface area contributed by atoms with Gasteiger partial charge in [0.1, 0.15) is 5.69 Å². The van der Waals surface area contributed by atoms with Gasteiger partial charge in [0.25, 0.3) is 5.91 Å². The summed E-state index contributed by atoms with van der Waals surface area (Å²) in [5, 5.41) is 15.3. The number of aromatic amines is 1. The van der Waals surface area contributed by atoms with Crippen molar-refractivity contribution in [3.63, 3.8) is 0 Å². The average Bonchev–Trinajstić information content (AvgIpc) is 3.80. The van der Waals surface area contributed by atoms with E-state index in [1.807, 2.05) is 54.0 Å². The molecule has 0 radical (unpaired) electrons. The molecule has 14 heteroatoms. The molecule has 2 saturated heterocycles. The van der Waals surface area contributed by atoms with Gasteiger partial charge in [-0.05, 0) is 74.2 Å². The van der Waals surface area contributed by atoms with Crippen LogP contribution in [0.2, 0.25) is 15.1 Å². The van der Waals surface area contributed by atoms with E-state index in [2.05, 4.69) is 15.2 Å². The number of fused-ring (bicyclic) bond motifs is 1. The van der Waals surface area contributed by atoms with Crippen molar-refractivity contribution in [3.05, 3.63) is 123 Å². The first-order chi connectivity index (χ1) is 27.1. The van der Waals surface area contributed by atoms with Crippen LogP contribution >= 0.6 is 34.8 Å². The Labute approximate surface area is 337 Å². The first kappa shape index (κ1) is 37.4. The van der Waals surface area contributed by atoms with Crippen LogP contribution in [0.3, 0.4) is 0 Å². The van der Waals surface area contributed by atoms with Crippen molar-refractivity contribution in [3.8, 4) is 22.5 Å². The molecule has 2 aliphatic rings. The van der Waals surface area contributed by atoms with E-state index in [-0.39, 0.29) is 29.4 Å². The molecule has 2 amide bonds. The number of benzene rings is 4. The number of carboxylic acids is 1. The van der Waals surface area contributed by atoms with Crippen molar-refractivity contribution < 1.29 is 24.2 Å². The second kappa shape index (κ2) is 15.6. The van der Waals surface area contributed by atoms with Gasteiger partial charge in [0.15, 0.2) is 0 Å². The summed E-state index contributed by atoms with van der Waals surface area (Å²) in [5.41, 5.74) is 5.40. The van der Waals surface area contributed by atoms with Crippen LogP contribution in [0.1, 0.15) is 58.6 Å². The number of rotatable bonds is 9. The monoisotopic (exact) mass is 810 g/mol. The van der Waals surface area contributed by atoms with E-state index in [4.69, 9.17) is 44.5 Å². The van der Waals surface area contributed by atoms with E-state index in [1.54, 1.807) is 41.6 Å². The van der Waals surface area contributed by atoms with Crippen molar-refractivity contribution in [2.45, 2.75) is 38.3 Å². The molecule has 2 aromatic heterocycles. The smallest absolute Gasteiger partial charge is 0.410 e. The number of halogens is 3. The molecule has 286 valence electrons. The van der Waals surface area contributed by atoms with E-state index in [1.165, 1.54) is 12.1 Å². The number of imidazole rings is 1. The van der Waals surface area contributed by atoms with Gasteiger partial charge in [0.05, 0.1) is 47.3 Å². The van der Waals surface area contributed by atoms with Gasteiger partial charge < -0.3 is 34.5 Å². The minimum absolute atomic E-state index is 0.0248. The highest BCUT2D eigenvalue weighted by molar-refractivity contribution is 6.35. The number of nitrogens with zero attached hydrogens (tertiary/aromatic N) is 4. The number of hydrogen-bond donors (Lipinski definition) is 3. The molecule has 0 bridgehead atoms. The molecule has 0 saturated carbocycles. The first-order valence-electron chi connectivity index (χ1n) is 18.3. The quantitative estimate of drug-likeness (QED) is 0.132. The van der Waals surface area contributed by atoms with Crippen LogP contribution in [-0.2, 0) is 4.74 Å². The van der Waals surface area contributed by atoms with E-state index in [9.17, 15) is 19.5 Å². The maximum absolute atomic E-state index is 14.8. The third-order valence-corrected chi connectivity index (χ3v) is 11.4. The van der Waals surface area contributed by atoms with Crippen molar-refractivity contribution >= 4 is 75.1 Å². The molecule has 4 aromatic carbocycles. The minimum Gasteiger partial charge on any atom is -0.478 e. The topological polar surface area (TPSA) is 133 Å². The number of aromatic carboxylic acids is 1. The lowest BCUT2D eigenvalue weighted by atomic mass is 9.99. The Morgan fingerprint density at radius 1 is 0.946 bits per heavy atom. The Morgan fingerprint density at radius 3 is 2.43 bits per heavy atom. The van der Waals surface area contributed by atoms with Gasteiger partial charge in [-0.3, -0.25) is 4.79 Å². The van der Waals surface area contributed by atoms with Crippen LogP contribution in [0.25, 0.3) is 33.4 Å². The average molecular weight is 812 g/mol. The number of amides is 2. The van der Waals surface area contributed by atoms with Gasteiger partial charge in [-0.2, -0.15) is 0 Å². The Balaban J connectivity index is 1.22. The molecule has 2 aliphatic heterocycles. The summed E-state index contributed by atoms with van der Waals surface area (Å²) in [6.45, 7) is 4.27. The highest BCUT2D eigenvalue weighted by Crippen LogP contribution is 2.43. The molecule has 6 aromatic rings. The number of H-pyrrole nitrogens is 1. The van der Waals surface area contributed by atoms with Crippen LogP contribution < -0.4 is 10.2 Å². The van der Waals surface area contributed by atoms with E-state index in [0.29, 0.717) is 88.0 Å². The zero-order chi connectivity index (χ0) is 39.1. The summed E-state index contributed by atoms with van der Waals surface area (Å²) in [4.78, 5) is 51.7. The normalized spacial score (nSPS) is 15.5. The highest BCUT2D eigenvalue weighted by Gasteiger charge is 2.33. The molecular weight excluding hydrogens is 775 g/mol. The van der Waals surface area contributed by atoms with Crippen LogP contribution in [0.15, 0.2) is 91.3 Å². The number of carbonyl (C=O) groups excluding carboxylic acids is 2. The lowest BCUT2D eigenvalue weighted by Gasteiger charge is -2.40. The third kappa shape index (κ3) is 7.18. The van der Waals surface area contributed by atoms with Gasteiger partial charge in [-0.1, -0.05) is 77.3 Å². The maximum atomic E-state index is 14.8. The fourth-order valence-electron chi connectivity index (χ4n) is 7.83. The summed E-state index contributed by atoms with van der Waals surface area (Å²) < 4.78 is 7.28. The lowest BCUT2D eigenvalue weighted by Crippen LogP contribution is -2.50. The largest absolute Gasteiger partial charge is 0.478 e. The summed E-state index contributed by atoms with van der Waals surface area (Å²) in [5.74, 6) is -1.62. The molecule has 11 nitrogen and oxygen atoms in total. The van der Waals surface area contributed by atoms with Gasteiger partial charge in [0, 0.05) is 62.8 Å². The first-order valence-corrected chi connectivity index (χ1v) is 19.5. The Bertz CT molecular complexity index is 2480. The van der Waals surface area contributed by atoms with E-state index in [0.717, 1.165) is 22.9 Å². The number of cyclic esters (lactones) is 1. The molecule has 56 heavy (non-hydrogen) atoms. The number of hydrogen-bond acceptors (Lipinski definition) is 6. The number of piperidine rings is 1. The molecule has 0 spiro atoms. The highest BCUT2D eigenvalue weighted by atomic mass is 35.5. The van der Waals surface area contributed by atoms with Gasteiger partial charge in [-0.15, -0.1) is 0 Å². The number of ether oxygens (including phenoxy) is 1. The van der Waals surface area contributed by atoms with Crippen molar-refractivity contribution in [2.24, 2.45) is 0 Å². The molecular formula is C42H37Cl3N6O5. The Kier molecular flexibility index (Phi) is 10.4. The van der Waals surface area contributed by atoms with Gasteiger partial charge >= 0.3 is 12.1 Å². The predicted molar refractivity (Wildman–Crippen MR) is 220 cm³/mol. The molecule has 3 N–H and O–H groups in total. The maximum Gasteiger partial charge on any atom is 0.410 e. The van der Waals surface area contributed by atoms with E-state index >= 15 is 0 Å². The van der Waals surface area contributed by atoms with Crippen molar-refractivity contribution in [2.75, 3.05) is 36.5 Å². The number of aromatic nitrogens is 3. The second-order valence-electron chi connectivity index (χ2n) is 14.0. The molecule has 0 unspecified atom stereocenters. The number of carbonyl (C=O) groups is 3. The van der Waals surface area contributed by atoms with Crippen molar-refractivity contribution in [1.29, 1.82) is 0 Å². The zero-order valence-electron chi connectivity index (χ0n) is 30.3. The Hall–Kier alpha value is -5.49. The van der Waals surface area contributed by atoms with Crippen LogP contribution in [0, 0.1) is 0 Å². The van der Waals surface area contributed by atoms with Gasteiger partial charge in [0.2, 0.25) is 0 Å². The predicted octanol–water partition coefficient (Wildman–Crippen LogP) is 10.0. The number of nitrogens with one attached hydrogen (secondary N) is 2. The summed E-state index contributed by atoms with van der Waals surface area (Å²) in [7, 11) is 0. The fourth-order valence-corrected chi connectivity index (χ4v) is 8.57. The number of anilines is 2. The lowest BCUT2D eigenvalue weighted by molar-refractivity contribution is 0.0499. The second-order valence-corrected chi connectivity index (χ2v) is 15.3. The van der Waals surface area contributed by atoms with E-state index < -0.39 is 11.9 Å². The minimum atomic E-state index is -1.12. The SMILES string of the molecule is C[C@@H](c1ccc(Cl)cc1Cl)n1cnc(-c2ccccc2)c1-c1c(C(=O)Nc2cc(C(=O)O)ccc2N2CCC(N3CCCOC3=O)CC2)[nH]c2cc(Cl)ccc12. The molecule has 4 heterocycles. The Morgan fingerprint density at radius 2 is 1.70 bits per heavy atom. The summed E-state index contributed by atoms with van der Waals surface area (Å²) in [6.07, 6.45) is 3.63. The molecule has 8 rings (SSSR count). The standard InChI is InChI=1S/C42H37Cl3N6O5/c1-24(30-11-9-27(43)21-32(30)45)51-23-46-37(25-6-3-2-4-7-25)39(51)36-31-12-10-28(44)22-33(31)47-38(36)40(52)48-34-20-26(41(53)54)8-13-35(34)49-17-14-29(15-18-49)50-16-5-19-56-42(50)55/h2-4,6-13,20-24,29,47H,5,14-19H2,1H3,(H,48,52)(H,53,54)/t24-/m0/s1. The van der Waals surface area contributed by atoms with Crippen LogP contribution in [0.5, 0.6) is 0 Å². The summed E-state index contributed by atoms with van der Waals surface area (Å²) >= 11 is 19.5.